The number of aryl methyl sites for hydroxylation is 1. The molecule has 2 aromatic rings. The molecule has 0 atom stereocenters. The molecular weight excluding hydrogens is 285 g/mol. The Labute approximate surface area is 118 Å². The van der Waals surface area contributed by atoms with Crippen molar-refractivity contribution >= 4 is 5.97 Å². The number of carboxylic acid groups (broad SMARTS) is 1. The first-order chi connectivity index (χ1) is 9.82. The predicted octanol–water partition coefficient (Wildman–Crippen LogP) is 3.08. The van der Waals surface area contributed by atoms with E-state index in [1.54, 1.807) is 12.1 Å². The highest BCUT2D eigenvalue weighted by atomic mass is 19.4. The molecule has 0 saturated heterocycles. The van der Waals surface area contributed by atoms with Crippen molar-refractivity contribution in [1.82, 2.24) is 9.78 Å². The molecule has 0 aliphatic heterocycles. The van der Waals surface area contributed by atoms with Crippen LogP contribution in [0, 0.1) is 0 Å². The fraction of sp³-hybridized carbons (Fsp3) is 0.286. The van der Waals surface area contributed by atoms with E-state index in [0.717, 1.165) is 22.9 Å². The second kappa shape index (κ2) is 5.59. The van der Waals surface area contributed by atoms with Crippen LogP contribution in [-0.4, -0.2) is 20.9 Å². The van der Waals surface area contributed by atoms with Crippen molar-refractivity contribution in [2.75, 3.05) is 0 Å². The summed E-state index contributed by atoms with van der Waals surface area (Å²) < 4.78 is 40.2. The van der Waals surface area contributed by atoms with Crippen molar-refractivity contribution in [2.24, 2.45) is 0 Å². The Balaban J connectivity index is 2.52. The molecule has 0 aliphatic rings. The lowest BCUT2D eigenvalue weighted by molar-refractivity contribution is -0.144. The van der Waals surface area contributed by atoms with Gasteiger partial charge in [-0.15, -0.1) is 0 Å². The Morgan fingerprint density at radius 2 is 1.90 bits per heavy atom. The summed E-state index contributed by atoms with van der Waals surface area (Å²) in [5.41, 5.74) is -0.162. The lowest BCUT2D eigenvalue weighted by Crippen LogP contribution is -2.16. The standard InChI is InChI=1S/C14H13F3N2O2/c1-2-9-3-5-11(6-4-9)19-13(14(15,16)17)10(8-18-19)7-12(20)21/h3-6,8H,2,7H2,1H3,(H,20,21). The smallest absolute Gasteiger partial charge is 0.433 e. The molecule has 1 heterocycles. The normalized spacial score (nSPS) is 11.6. The summed E-state index contributed by atoms with van der Waals surface area (Å²) in [5, 5.41) is 12.4. The number of nitrogens with zero attached hydrogens (tertiary/aromatic N) is 2. The summed E-state index contributed by atoms with van der Waals surface area (Å²) in [6.07, 6.45) is -3.67. The summed E-state index contributed by atoms with van der Waals surface area (Å²) in [6.45, 7) is 1.94. The fourth-order valence-electron chi connectivity index (χ4n) is 2.05. The molecule has 4 nitrogen and oxygen atoms in total. The van der Waals surface area contributed by atoms with Crippen molar-refractivity contribution in [3.05, 3.63) is 47.3 Å². The van der Waals surface area contributed by atoms with Gasteiger partial charge < -0.3 is 5.11 Å². The van der Waals surface area contributed by atoms with Gasteiger partial charge in [0.25, 0.3) is 0 Å². The molecule has 0 aliphatic carbocycles. The number of hydrogen-bond donors (Lipinski definition) is 1. The third-order valence-corrected chi connectivity index (χ3v) is 3.04. The second-order valence-corrected chi connectivity index (χ2v) is 4.52. The second-order valence-electron chi connectivity index (χ2n) is 4.52. The van der Waals surface area contributed by atoms with E-state index in [2.05, 4.69) is 5.10 Å². The van der Waals surface area contributed by atoms with Crippen molar-refractivity contribution < 1.29 is 23.1 Å². The zero-order valence-electron chi connectivity index (χ0n) is 11.2. The summed E-state index contributed by atoms with van der Waals surface area (Å²) >= 11 is 0. The molecular formula is C14H13F3N2O2. The minimum atomic E-state index is -4.68. The van der Waals surface area contributed by atoms with Crippen molar-refractivity contribution in [1.29, 1.82) is 0 Å². The molecule has 112 valence electrons. The van der Waals surface area contributed by atoms with Crippen molar-refractivity contribution in [3.63, 3.8) is 0 Å². The van der Waals surface area contributed by atoms with Gasteiger partial charge in [-0.1, -0.05) is 19.1 Å². The van der Waals surface area contributed by atoms with Gasteiger partial charge in [-0.2, -0.15) is 18.3 Å². The van der Waals surface area contributed by atoms with Gasteiger partial charge in [-0.05, 0) is 24.1 Å². The summed E-state index contributed by atoms with van der Waals surface area (Å²) in [7, 11) is 0. The molecule has 1 aromatic carbocycles. The average Bonchev–Trinajstić information content (AvgIpc) is 2.81. The van der Waals surface area contributed by atoms with Gasteiger partial charge in [0.2, 0.25) is 0 Å². The van der Waals surface area contributed by atoms with E-state index in [0.29, 0.717) is 0 Å². The van der Waals surface area contributed by atoms with Crippen LogP contribution in [-0.2, 0) is 23.8 Å². The van der Waals surface area contributed by atoms with Crippen LogP contribution in [0.1, 0.15) is 23.7 Å². The van der Waals surface area contributed by atoms with Crippen molar-refractivity contribution in [2.45, 2.75) is 25.9 Å². The zero-order valence-corrected chi connectivity index (χ0v) is 11.2. The van der Waals surface area contributed by atoms with E-state index in [1.807, 2.05) is 6.92 Å². The number of benzene rings is 1. The number of aromatic nitrogens is 2. The van der Waals surface area contributed by atoms with E-state index in [4.69, 9.17) is 5.11 Å². The number of alkyl halides is 3. The molecule has 7 heteroatoms. The van der Waals surface area contributed by atoms with Crippen LogP contribution < -0.4 is 0 Å². The Kier molecular flexibility index (Phi) is 4.02. The van der Waals surface area contributed by atoms with Crippen molar-refractivity contribution in [3.8, 4) is 5.69 Å². The van der Waals surface area contributed by atoms with Gasteiger partial charge in [0.05, 0.1) is 18.3 Å². The largest absolute Gasteiger partial charge is 0.481 e. The number of carboxylic acids is 1. The van der Waals surface area contributed by atoms with Gasteiger partial charge in [-0.25, -0.2) is 4.68 Å². The third-order valence-electron chi connectivity index (χ3n) is 3.04. The molecule has 1 aromatic heterocycles. The zero-order chi connectivity index (χ0) is 15.6. The number of halogens is 3. The Morgan fingerprint density at radius 1 is 1.29 bits per heavy atom. The topological polar surface area (TPSA) is 55.1 Å². The number of aliphatic carboxylic acids is 1. The molecule has 0 bridgehead atoms. The molecule has 0 radical (unpaired) electrons. The number of rotatable bonds is 4. The number of hydrogen-bond acceptors (Lipinski definition) is 2. The quantitative estimate of drug-likeness (QED) is 0.943. The first-order valence-corrected chi connectivity index (χ1v) is 6.28. The first kappa shape index (κ1) is 15.1. The van der Waals surface area contributed by atoms with Gasteiger partial charge >= 0.3 is 12.1 Å². The van der Waals surface area contributed by atoms with Crippen LogP contribution in [0.25, 0.3) is 5.69 Å². The molecule has 1 N–H and O–H groups in total. The van der Waals surface area contributed by atoms with Gasteiger partial charge in [0.1, 0.15) is 0 Å². The van der Waals surface area contributed by atoms with Crippen LogP contribution >= 0.6 is 0 Å². The summed E-state index contributed by atoms with van der Waals surface area (Å²) in [4.78, 5) is 10.7. The fourth-order valence-corrected chi connectivity index (χ4v) is 2.05. The molecule has 0 fully saturated rings. The molecule has 0 amide bonds. The Hall–Kier alpha value is -2.31. The van der Waals surface area contributed by atoms with Crippen LogP contribution in [0.4, 0.5) is 13.2 Å². The first-order valence-electron chi connectivity index (χ1n) is 6.28. The van der Waals surface area contributed by atoms with E-state index in [1.165, 1.54) is 12.1 Å². The van der Waals surface area contributed by atoms with Gasteiger partial charge in [0, 0.05) is 5.56 Å². The third kappa shape index (κ3) is 3.24. The molecule has 0 saturated carbocycles. The summed E-state index contributed by atoms with van der Waals surface area (Å²) in [6, 6.07) is 6.50. The van der Waals surface area contributed by atoms with Crippen LogP contribution in [0.3, 0.4) is 0 Å². The molecule has 0 spiro atoms. The van der Waals surface area contributed by atoms with E-state index < -0.39 is 24.3 Å². The maximum absolute atomic E-state index is 13.2. The highest BCUT2D eigenvalue weighted by molar-refractivity contribution is 5.70. The Bertz CT molecular complexity index is 645. The SMILES string of the molecule is CCc1ccc(-n2ncc(CC(=O)O)c2C(F)(F)F)cc1. The lowest BCUT2D eigenvalue weighted by atomic mass is 10.1. The maximum Gasteiger partial charge on any atom is 0.433 e. The molecule has 2 rings (SSSR count). The highest BCUT2D eigenvalue weighted by Gasteiger charge is 2.38. The molecule has 21 heavy (non-hydrogen) atoms. The van der Waals surface area contributed by atoms with Crippen LogP contribution in [0.15, 0.2) is 30.5 Å². The minimum absolute atomic E-state index is 0.246. The van der Waals surface area contributed by atoms with Crippen LogP contribution in [0.2, 0.25) is 0 Å². The number of carbonyl (C=O) groups is 1. The minimum Gasteiger partial charge on any atom is -0.481 e. The molecule has 0 unspecified atom stereocenters. The van der Waals surface area contributed by atoms with Crippen LogP contribution in [0.5, 0.6) is 0 Å². The monoisotopic (exact) mass is 298 g/mol. The average molecular weight is 298 g/mol. The van der Waals surface area contributed by atoms with E-state index in [9.17, 15) is 18.0 Å². The van der Waals surface area contributed by atoms with Gasteiger partial charge in [0.15, 0.2) is 5.69 Å². The Morgan fingerprint density at radius 3 is 2.38 bits per heavy atom. The highest BCUT2D eigenvalue weighted by Crippen LogP contribution is 2.33. The summed E-state index contributed by atoms with van der Waals surface area (Å²) in [5.74, 6) is -1.33. The maximum atomic E-state index is 13.2. The van der Waals surface area contributed by atoms with E-state index >= 15 is 0 Å². The lowest BCUT2D eigenvalue weighted by Gasteiger charge is -2.12. The van der Waals surface area contributed by atoms with E-state index in [-0.39, 0.29) is 11.3 Å². The predicted molar refractivity (Wildman–Crippen MR) is 69.3 cm³/mol. The van der Waals surface area contributed by atoms with Gasteiger partial charge in [-0.3, -0.25) is 4.79 Å².